The molecule has 1 aromatic rings. The zero-order valence-electron chi connectivity index (χ0n) is 12.5. The first-order valence-corrected chi connectivity index (χ1v) is 9.05. The van der Waals surface area contributed by atoms with Gasteiger partial charge < -0.3 is 5.11 Å². The summed E-state index contributed by atoms with van der Waals surface area (Å²) in [5, 5.41) is 9.04. The minimum atomic E-state index is -3.77. The highest BCUT2D eigenvalue weighted by Crippen LogP contribution is 2.39. The third-order valence-corrected chi connectivity index (χ3v) is 6.26. The zero-order chi connectivity index (χ0) is 16.6. The summed E-state index contributed by atoms with van der Waals surface area (Å²) in [5.74, 6) is -1.17. The van der Waals surface area contributed by atoms with E-state index in [0.717, 1.165) is 19.3 Å². The lowest BCUT2D eigenvalue weighted by Gasteiger charge is -2.28. The number of halogens is 1. The Kier molecular flexibility index (Phi) is 4.39. The van der Waals surface area contributed by atoms with Crippen molar-refractivity contribution in [3.63, 3.8) is 0 Å². The lowest BCUT2D eigenvalue weighted by atomic mass is 10.1. The highest BCUT2D eigenvalue weighted by Gasteiger charge is 2.44. The molecule has 1 saturated carbocycles. The normalized spacial score (nSPS) is 25.6. The van der Waals surface area contributed by atoms with Crippen LogP contribution < -0.4 is 4.72 Å². The van der Waals surface area contributed by atoms with Gasteiger partial charge in [-0.05, 0) is 42.9 Å². The van der Waals surface area contributed by atoms with Crippen LogP contribution >= 0.6 is 0 Å². The summed E-state index contributed by atoms with van der Waals surface area (Å²) in [7, 11) is -3.77. The van der Waals surface area contributed by atoms with Gasteiger partial charge in [0.2, 0.25) is 0 Å². The summed E-state index contributed by atoms with van der Waals surface area (Å²) in [6.45, 7) is 0.489. The van der Waals surface area contributed by atoms with E-state index in [-0.39, 0.29) is 6.04 Å². The molecule has 3 atom stereocenters. The van der Waals surface area contributed by atoms with Crippen molar-refractivity contribution >= 4 is 16.2 Å². The number of carboxylic acids is 1. The molecule has 1 heterocycles. The highest BCUT2D eigenvalue weighted by molar-refractivity contribution is 7.87. The van der Waals surface area contributed by atoms with E-state index < -0.39 is 34.5 Å². The molecule has 23 heavy (non-hydrogen) atoms. The molecular formula is C15H19FN2O4S. The van der Waals surface area contributed by atoms with E-state index in [1.165, 1.54) is 28.6 Å². The molecule has 3 unspecified atom stereocenters. The fourth-order valence-corrected chi connectivity index (χ4v) is 5.22. The summed E-state index contributed by atoms with van der Waals surface area (Å²) in [6.07, 6.45) is 2.38. The predicted molar refractivity (Wildman–Crippen MR) is 81.3 cm³/mol. The molecule has 6 nitrogen and oxygen atoms in total. The van der Waals surface area contributed by atoms with Crippen LogP contribution in [0.4, 0.5) is 4.39 Å². The maximum Gasteiger partial charge on any atom is 0.305 e. The average molecular weight is 342 g/mol. The van der Waals surface area contributed by atoms with Crippen LogP contribution in [0.1, 0.15) is 37.3 Å². The van der Waals surface area contributed by atoms with Crippen molar-refractivity contribution in [2.24, 2.45) is 5.92 Å². The molecule has 0 amide bonds. The van der Waals surface area contributed by atoms with Gasteiger partial charge in [-0.15, -0.1) is 0 Å². The van der Waals surface area contributed by atoms with Crippen molar-refractivity contribution in [3.8, 4) is 0 Å². The Morgan fingerprint density at radius 2 is 2.04 bits per heavy atom. The Balaban J connectivity index is 1.80. The number of hydrogen-bond donors (Lipinski definition) is 2. The van der Waals surface area contributed by atoms with Gasteiger partial charge in [-0.25, -0.2) is 4.39 Å². The van der Waals surface area contributed by atoms with Gasteiger partial charge in [0.1, 0.15) is 5.82 Å². The molecule has 0 spiro atoms. The lowest BCUT2D eigenvalue weighted by molar-refractivity contribution is -0.137. The SMILES string of the molecule is O=C(O)CC(NS(=O)(=O)N1CC2CCC1C2)c1ccc(F)cc1. The summed E-state index contributed by atoms with van der Waals surface area (Å²) < 4.78 is 42.2. The number of hydrogen-bond acceptors (Lipinski definition) is 3. The number of nitrogens with one attached hydrogen (secondary N) is 1. The predicted octanol–water partition coefficient (Wildman–Crippen LogP) is 1.66. The van der Waals surface area contributed by atoms with E-state index in [0.29, 0.717) is 18.0 Å². The molecule has 2 fully saturated rings. The van der Waals surface area contributed by atoms with Crippen LogP contribution in [0.5, 0.6) is 0 Å². The van der Waals surface area contributed by atoms with E-state index in [1.807, 2.05) is 0 Å². The minimum absolute atomic E-state index is 0.0104. The van der Waals surface area contributed by atoms with Gasteiger partial charge in [-0.3, -0.25) is 4.79 Å². The van der Waals surface area contributed by atoms with Crippen molar-refractivity contribution in [1.29, 1.82) is 0 Å². The molecule has 1 saturated heterocycles. The number of fused-ring (bicyclic) bond motifs is 2. The maximum atomic E-state index is 13.0. The Hall–Kier alpha value is -1.51. The van der Waals surface area contributed by atoms with Gasteiger partial charge in [-0.1, -0.05) is 12.1 Å². The number of carboxylic acid groups (broad SMARTS) is 1. The lowest BCUT2D eigenvalue weighted by Crippen LogP contribution is -2.46. The molecule has 1 aromatic carbocycles. The Labute approximate surface area is 134 Å². The van der Waals surface area contributed by atoms with Gasteiger partial charge in [0.05, 0.1) is 12.5 Å². The molecule has 0 aromatic heterocycles. The van der Waals surface area contributed by atoms with Crippen molar-refractivity contribution in [3.05, 3.63) is 35.6 Å². The number of piperidine rings is 1. The Morgan fingerprint density at radius 1 is 1.35 bits per heavy atom. The van der Waals surface area contributed by atoms with E-state index in [4.69, 9.17) is 5.11 Å². The summed E-state index contributed by atoms with van der Waals surface area (Å²) in [5.41, 5.74) is 0.432. The van der Waals surface area contributed by atoms with Crippen LogP contribution in [0, 0.1) is 11.7 Å². The fraction of sp³-hybridized carbons (Fsp3) is 0.533. The van der Waals surface area contributed by atoms with Gasteiger partial charge in [-0.2, -0.15) is 17.4 Å². The molecule has 0 radical (unpaired) electrons. The van der Waals surface area contributed by atoms with Gasteiger partial charge in [0, 0.05) is 12.6 Å². The number of benzene rings is 1. The quantitative estimate of drug-likeness (QED) is 0.823. The van der Waals surface area contributed by atoms with E-state index >= 15 is 0 Å². The second-order valence-electron chi connectivity index (χ2n) is 6.23. The molecule has 2 bridgehead atoms. The molecule has 1 aliphatic heterocycles. The van der Waals surface area contributed by atoms with Crippen LogP contribution in [0.15, 0.2) is 24.3 Å². The van der Waals surface area contributed by atoms with Crippen molar-refractivity contribution in [2.45, 2.75) is 37.8 Å². The minimum Gasteiger partial charge on any atom is -0.481 e. The molecular weight excluding hydrogens is 323 g/mol. The third-order valence-electron chi connectivity index (χ3n) is 4.61. The van der Waals surface area contributed by atoms with E-state index in [2.05, 4.69) is 4.72 Å². The third kappa shape index (κ3) is 3.54. The molecule has 8 heteroatoms. The van der Waals surface area contributed by atoms with Gasteiger partial charge in [0.15, 0.2) is 0 Å². The van der Waals surface area contributed by atoms with E-state index in [1.54, 1.807) is 0 Å². The van der Waals surface area contributed by atoms with Crippen molar-refractivity contribution < 1.29 is 22.7 Å². The largest absolute Gasteiger partial charge is 0.481 e. The van der Waals surface area contributed by atoms with Crippen LogP contribution in [-0.4, -0.2) is 36.4 Å². The average Bonchev–Trinajstić information content (AvgIpc) is 3.09. The standard InChI is InChI=1S/C15H19FN2O4S/c16-12-4-2-11(3-5-12)14(8-15(19)20)17-23(21,22)18-9-10-1-6-13(18)7-10/h2-5,10,13-14,17H,1,6-9H2,(H,19,20). The fourth-order valence-electron chi connectivity index (χ4n) is 3.52. The topological polar surface area (TPSA) is 86.7 Å². The van der Waals surface area contributed by atoms with Crippen molar-refractivity contribution in [1.82, 2.24) is 9.03 Å². The molecule has 1 aliphatic carbocycles. The Bertz CT molecular complexity index is 692. The van der Waals surface area contributed by atoms with Crippen LogP contribution in [0.2, 0.25) is 0 Å². The first-order valence-electron chi connectivity index (χ1n) is 7.61. The molecule has 3 rings (SSSR count). The molecule has 2 N–H and O–H groups in total. The molecule has 2 aliphatic rings. The maximum absolute atomic E-state index is 13.0. The van der Waals surface area contributed by atoms with Gasteiger partial charge >= 0.3 is 5.97 Å². The van der Waals surface area contributed by atoms with Crippen molar-refractivity contribution in [2.75, 3.05) is 6.54 Å². The summed E-state index contributed by atoms with van der Waals surface area (Å²) in [4.78, 5) is 11.1. The smallest absolute Gasteiger partial charge is 0.305 e. The van der Waals surface area contributed by atoms with Crippen LogP contribution in [0.3, 0.4) is 0 Å². The first-order chi connectivity index (χ1) is 10.8. The molecule has 126 valence electrons. The number of aliphatic carboxylic acids is 1. The number of nitrogens with zero attached hydrogens (tertiary/aromatic N) is 1. The number of carbonyl (C=O) groups is 1. The Morgan fingerprint density at radius 3 is 2.57 bits per heavy atom. The summed E-state index contributed by atoms with van der Waals surface area (Å²) >= 11 is 0. The number of rotatable bonds is 6. The second-order valence-corrected chi connectivity index (χ2v) is 7.88. The van der Waals surface area contributed by atoms with E-state index in [9.17, 15) is 17.6 Å². The first kappa shape index (κ1) is 16.4. The highest BCUT2D eigenvalue weighted by atomic mass is 32.2. The van der Waals surface area contributed by atoms with Crippen LogP contribution in [-0.2, 0) is 15.0 Å². The monoisotopic (exact) mass is 342 g/mol. The zero-order valence-corrected chi connectivity index (χ0v) is 13.3. The van der Waals surface area contributed by atoms with Crippen LogP contribution in [0.25, 0.3) is 0 Å². The second kappa shape index (κ2) is 6.18. The summed E-state index contributed by atoms with van der Waals surface area (Å²) in [6, 6.07) is 4.28. The van der Waals surface area contributed by atoms with Gasteiger partial charge in [0.25, 0.3) is 10.2 Å².